The van der Waals surface area contributed by atoms with Crippen LogP contribution in [-0.4, -0.2) is 9.55 Å². The van der Waals surface area contributed by atoms with Gasteiger partial charge in [0.2, 0.25) is 0 Å². The average Bonchev–Trinajstić information content (AvgIpc) is 3.76. The van der Waals surface area contributed by atoms with Gasteiger partial charge in [-0.1, -0.05) is 133 Å². The molecule has 0 aliphatic heterocycles. The van der Waals surface area contributed by atoms with E-state index in [9.17, 15) is 0 Å². The minimum Gasteiger partial charge on any atom is -0.456 e. The second-order valence-electron chi connectivity index (χ2n) is 13.5. The molecule has 8 aromatic carbocycles. The van der Waals surface area contributed by atoms with Gasteiger partial charge in [-0.3, -0.25) is 0 Å². The number of rotatable bonds is 4. The third-order valence-corrected chi connectivity index (χ3v) is 10.6. The zero-order valence-corrected chi connectivity index (χ0v) is 28.1. The second-order valence-corrected chi connectivity index (χ2v) is 13.5. The van der Waals surface area contributed by atoms with Gasteiger partial charge in [0.05, 0.1) is 22.2 Å². The standard InChI is InChI=1S/C49H30N2O/c1-3-13-31(14-4-1)48-41-27-28-45-47(39-20-8-10-24-44(39)52-45)46(41)40-22-12-21-36(49(40)50-48)34-16-11-15-32(29-34)33-25-26-38-37-19-7-9-23-42(37)51(43(38)30-33)35-17-5-2-6-18-35/h1-30H. The van der Waals surface area contributed by atoms with E-state index < -0.39 is 0 Å². The van der Waals surface area contributed by atoms with Gasteiger partial charge < -0.3 is 8.98 Å². The van der Waals surface area contributed by atoms with E-state index in [2.05, 4.69) is 180 Å². The van der Waals surface area contributed by atoms with E-state index >= 15 is 0 Å². The molecule has 242 valence electrons. The van der Waals surface area contributed by atoms with Crippen molar-refractivity contribution in [2.45, 2.75) is 0 Å². The van der Waals surface area contributed by atoms with Crippen LogP contribution in [0.5, 0.6) is 0 Å². The molecule has 0 saturated heterocycles. The molecule has 11 rings (SSSR count). The van der Waals surface area contributed by atoms with Crippen LogP contribution in [0.1, 0.15) is 0 Å². The van der Waals surface area contributed by atoms with Crippen LogP contribution >= 0.6 is 0 Å². The summed E-state index contributed by atoms with van der Waals surface area (Å²) in [5, 5.41) is 8.15. The molecule has 0 unspecified atom stereocenters. The summed E-state index contributed by atoms with van der Waals surface area (Å²) in [7, 11) is 0. The zero-order valence-electron chi connectivity index (χ0n) is 28.1. The Morgan fingerprint density at radius 1 is 0.385 bits per heavy atom. The van der Waals surface area contributed by atoms with E-state index in [0.29, 0.717) is 0 Å². The molecule has 0 N–H and O–H groups in total. The molecule has 0 aliphatic carbocycles. The summed E-state index contributed by atoms with van der Waals surface area (Å²) in [6.45, 7) is 0. The summed E-state index contributed by atoms with van der Waals surface area (Å²) < 4.78 is 8.78. The van der Waals surface area contributed by atoms with Crippen molar-refractivity contribution in [3.8, 4) is 39.2 Å². The van der Waals surface area contributed by atoms with Crippen LogP contribution in [0.3, 0.4) is 0 Å². The normalized spacial score (nSPS) is 11.8. The first-order chi connectivity index (χ1) is 25.8. The maximum absolute atomic E-state index is 6.40. The molecule has 0 amide bonds. The Bertz CT molecular complexity index is 3170. The smallest absolute Gasteiger partial charge is 0.136 e. The van der Waals surface area contributed by atoms with Gasteiger partial charge in [-0.25, -0.2) is 4.98 Å². The fourth-order valence-corrected chi connectivity index (χ4v) is 8.25. The molecule has 3 heteroatoms. The number of aromatic nitrogens is 2. The molecule has 0 aliphatic rings. The third-order valence-electron chi connectivity index (χ3n) is 10.6. The maximum Gasteiger partial charge on any atom is 0.136 e. The number of furan rings is 1. The van der Waals surface area contributed by atoms with Crippen LogP contribution < -0.4 is 0 Å². The molecule has 3 nitrogen and oxygen atoms in total. The maximum atomic E-state index is 6.40. The molecule has 3 heterocycles. The summed E-state index contributed by atoms with van der Waals surface area (Å²) in [4.78, 5) is 5.50. The van der Waals surface area contributed by atoms with Gasteiger partial charge >= 0.3 is 0 Å². The van der Waals surface area contributed by atoms with Crippen molar-refractivity contribution in [2.24, 2.45) is 0 Å². The molecule has 3 aromatic heterocycles. The number of hydrogen-bond acceptors (Lipinski definition) is 2. The molecule has 0 radical (unpaired) electrons. The van der Waals surface area contributed by atoms with Gasteiger partial charge in [-0.05, 0) is 65.2 Å². The molecule has 0 atom stereocenters. The van der Waals surface area contributed by atoms with Gasteiger partial charge in [0.15, 0.2) is 0 Å². The number of pyridine rings is 1. The van der Waals surface area contributed by atoms with Crippen LogP contribution in [0.15, 0.2) is 186 Å². The van der Waals surface area contributed by atoms with E-state index in [-0.39, 0.29) is 0 Å². The van der Waals surface area contributed by atoms with E-state index in [0.717, 1.165) is 71.9 Å². The molecular formula is C49H30N2O. The Labute approximate surface area is 299 Å². The van der Waals surface area contributed by atoms with Crippen LogP contribution in [0.2, 0.25) is 0 Å². The predicted octanol–water partition coefficient (Wildman–Crippen LogP) is 13.4. The summed E-state index contributed by atoms with van der Waals surface area (Å²) in [5.74, 6) is 0. The minimum absolute atomic E-state index is 0.885. The first-order valence-electron chi connectivity index (χ1n) is 17.7. The molecule has 52 heavy (non-hydrogen) atoms. The van der Waals surface area contributed by atoms with Crippen molar-refractivity contribution in [3.63, 3.8) is 0 Å². The first-order valence-corrected chi connectivity index (χ1v) is 17.7. The van der Waals surface area contributed by atoms with Crippen molar-refractivity contribution >= 4 is 65.4 Å². The highest BCUT2D eigenvalue weighted by Gasteiger charge is 2.20. The summed E-state index contributed by atoms with van der Waals surface area (Å²) in [5.41, 5.74) is 12.9. The monoisotopic (exact) mass is 662 g/mol. The topological polar surface area (TPSA) is 31.0 Å². The van der Waals surface area contributed by atoms with Gasteiger partial charge in [0.1, 0.15) is 11.2 Å². The summed E-state index contributed by atoms with van der Waals surface area (Å²) in [6, 6.07) is 64.8. The van der Waals surface area contributed by atoms with Crippen LogP contribution in [-0.2, 0) is 0 Å². The van der Waals surface area contributed by atoms with Gasteiger partial charge in [0.25, 0.3) is 0 Å². The van der Waals surface area contributed by atoms with E-state index in [1.807, 2.05) is 6.07 Å². The van der Waals surface area contributed by atoms with Crippen LogP contribution in [0, 0.1) is 0 Å². The fraction of sp³-hybridized carbons (Fsp3) is 0. The van der Waals surface area contributed by atoms with E-state index in [1.165, 1.54) is 32.8 Å². The number of nitrogens with zero attached hydrogens (tertiary/aromatic N) is 2. The highest BCUT2D eigenvalue weighted by molar-refractivity contribution is 6.29. The fourth-order valence-electron chi connectivity index (χ4n) is 8.25. The third kappa shape index (κ3) is 4.30. The molecule has 11 aromatic rings. The molecular weight excluding hydrogens is 633 g/mol. The number of para-hydroxylation sites is 4. The van der Waals surface area contributed by atoms with Crippen molar-refractivity contribution in [3.05, 3.63) is 182 Å². The zero-order chi connectivity index (χ0) is 34.2. The van der Waals surface area contributed by atoms with Crippen molar-refractivity contribution < 1.29 is 4.42 Å². The highest BCUT2D eigenvalue weighted by atomic mass is 16.3. The molecule has 0 saturated carbocycles. The predicted molar refractivity (Wildman–Crippen MR) is 217 cm³/mol. The SMILES string of the molecule is c1ccc(-c2nc3c(-c4cccc(-c5ccc6c7ccccc7n(-c7ccccc7)c6c5)c4)cccc3c3c2ccc2oc4ccccc4c23)cc1. The lowest BCUT2D eigenvalue weighted by molar-refractivity contribution is 0.669. The first kappa shape index (κ1) is 28.8. The van der Waals surface area contributed by atoms with Crippen LogP contribution in [0.4, 0.5) is 0 Å². The van der Waals surface area contributed by atoms with Crippen LogP contribution in [0.25, 0.3) is 105 Å². The lowest BCUT2D eigenvalue weighted by Crippen LogP contribution is -1.94. The quantitative estimate of drug-likeness (QED) is 0.176. The van der Waals surface area contributed by atoms with Gasteiger partial charge in [-0.15, -0.1) is 0 Å². The lowest BCUT2D eigenvalue weighted by Gasteiger charge is -2.15. The second kappa shape index (κ2) is 11.3. The number of benzene rings is 8. The molecule has 0 fully saturated rings. The van der Waals surface area contributed by atoms with E-state index in [4.69, 9.17) is 9.40 Å². The van der Waals surface area contributed by atoms with E-state index in [1.54, 1.807) is 0 Å². The molecule has 0 bridgehead atoms. The average molecular weight is 663 g/mol. The van der Waals surface area contributed by atoms with Crippen molar-refractivity contribution in [2.75, 3.05) is 0 Å². The minimum atomic E-state index is 0.885. The number of fused-ring (bicyclic) bond motifs is 10. The van der Waals surface area contributed by atoms with Crippen molar-refractivity contribution in [1.29, 1.82) is 0 Å². The summed E-state index contributed by atoms with van der Waals surface area (Å²) >= 11 is 0. The number of hydrogen-bond donors (Lipinski definition) is 0. The lowest BCUT2D eigenvalue weighted by atomic mass is 9.92. The largest absolute Gasteiger partial charge is 0.456 e. The highest BCUT2D eigenvalue weighted by Crippen LogP contribution is 2.43. The molecule has 0 spiro atoms. The van der Waals surface area contributed by atoms with Gasteiger partial charge in [0, 0.05) is 54.5 Å². The van der Waals surface area contributed by atoms with Crippen molar-refractivity contribution in [1.82, 2.24) is 9.55 Å². The summed E-state index contributed by atoms with van der Waals surface area (Å²) in [6.07, 6.45) is 0. The Morgan fingerprint density at radius 2 is 1.04 bits per heavy atom. The Balaban J connectivity index is 1.16. The Hall–Kier alpha value is -6.97. The Morgan fingerprint density at radius 3 is 1.92 bits per heavy atom. The van der Waals surface area contributed by atoms with Gasteiger partial charge in [-0.2, -0.15) is 0 Å². The Kier molecular flexibility index (Phi) is 6.25.